The molecule has 0 saturated carbocycles. The lowest BCUT2D eigenvalue weighted by atomic mass is 10.1. The van der Waals surface area contributed by atoms with Gasteiger partial charge in [0.2, 0.25) is 5.91 Å². The van der Waals surface area contributed by atoms with Crippen molar-refractivity contribution in [2.45, 2.75) is 26.8 Å². The summed E-state index contributed by atoms with van der Waals surface area (Å²) in [5.74, 6) is 0.0800. The molecule has 0 aliphatic heterocycles. The highest BCUT2D eigenvalue weighted by atomic mass is 35.5. The van der Waals surface area contributed by atoms with Gasteiger partial charge in [-0.15, -0.1) is 12.4 Å². The van der Waals surface area contributed by atoms with E-state index in [0.717, 1.165) is 11.1 Å². The molecule has 1 aromatic heterocycles. The van der Waals surface area contributed by atoms with E-state index in [-0.39, 0.29) is 18.3 Å². The van der Waals surface area contributed by atoms with E-state index < -0.39 is 0 Å². The van der Waals surface area contributed by atoms with Gasteiger partial charge in [0.25, 0.3) is 0 Å². The minimum Gasteiger partial charge on any atom is -0.358 e. The van der Waals surface area contributed by atoms with E-state index in [2.05, 4.69) is 47.7 Å². The van der Waals surface area contributed by atoms with Crippen LogP contribution < -0.4 is 10.6 Å². The number of carbonyl (C=O) groups excluding carboxylic acids is 1. The fourth-order valence-corrected chi connectivity index (χ4v) is 2.15. The zero-order valence-corrected chi connectivity index (χ0v) is 13.0. The molecule has 0 unspecified atom stereocenters. The number of hydrogen-bond donors (Lipinski definition) is 3. The second-order valence-corrected chi connectivity index (χ2v) is 4.89. The van der Waals surface area contributed by atoms with E-state index in [1.54, 1.807) is 0 Å². The molecule has 1 heterocycles. The van der Waals surface area contributed by atoms with Crippen LogP contribution in [0, 0.1) is 13.8 Å². The number of nitrogens with one attached hydrogen (secondary N) is 3. The predicted octanol–water partition coefficient (Wildman–Crippen LogP) is 2.43. The van der Waals surface area contributed by atoms with Gasteiger partial charge in [-0.3, -0.25) is 4.79 Å². The van der Waals surface area contributed by atoms with Crippen molar-refractivity contribution in [2.75, 3.05) is 13.6 Å². The van der Waals surface area contributed by atoms with E-state index >= 15 is 0 Å². The SMILES string of the molecule is CNCCC(=O)NCc1ccc2[nH]c(C)c(C)c2c1.Cl. The number of halogens is 1. The molecule has 0 aliphatic carbocycles. The fraction of sp³-hybridized carbons (Fsp3) is 0.400. The van der Waals surface area contributed by atoms with Crippen LogP contribution in [0.3, 0.4) is 0 Å². The summed E-state index contributed by atoms with van der Waals surface area (Å²) < 4.78 is 0. The molecule has 0 radical (unpaired) electrons. The van der Waals surface area contributed by atoms with Gasteiger partial charge in [0.15, 0.2) is 0 Å². The third-order valence-corrected chi connectivity index (χ3v) is 3.46. The van der Waals surface area contributed by atoms with Crippen LogP contribution in [0.2, 0.25) is 0 Å². The van der Waals surface area contributed by atoms with Crippen LogP contribution >= 0.6 is 12.4 Å². The van der Waals surface area contributed by atoms with Crippen molar-refractivity contribution in [3.8, 4) is 0 Å². The Morgan fingerprint density at radius 1 is 1.30 bits per heavy atom. The Kier molecular flexibility index (Phi) is 6.05. The van der Waals surface area contributed by atoms with Gasteiger partial charge >= 0.3 is 0 Å². The van der Waals surface area contributed by atoms with Crippen LogP contribution in [0.25, 0.3) is 10.9 Å². The average molecular weight is 296 g/mol. The van der Waals surface area contributed by atoms with Gasteiger partial charge in [-0.25, -0.2) is 0 Å². The Morgan fingerprint density at radius 2 is 2.05 bits per heavy atom. The summed E-state index contributed by atoms with van der Waals surface area (Å²) in [6, 6.07) is 6.27. The van der Waals surface area contributed by atoms with Crippen molar-refractivity contribution in [2.24, 2.45) is 0 Å². The number of carbonyl (C=O) groups is 1. The first kappa shape index (κ1) is 16.5. The molecular weight excluding hydrogens is 274 g/mol. The van der Waals surface area contributed by atoms with Crippen molar-refractivity contribution in [3.63, 3.8) is 0 Å². The number of rotatable bonds is 5. The molecule has 1 aromatic carbocycles. The molecule has 1 amide bonds. The Hall–Kier alpha value is -1.52. The normalized spacial score (nSPS) is 10.3. The van der Waals surface area contributed by atoms with Crippen LogP contribution in [0.15, 0.2) is 18.2 Å². The molecule has 5 heteroatoms. The lowest BCUT2D eigenvalue weighted by molar-refractivity contribution is -0.121. The van der Waals surface area contributed by atoms with Crippen molar-refractivity contribution in [1.82, 2.24) is 15.6 Å². The van der Waals surface area contributed by atoms with Gasteiger partial charge in [-0.05, 0) is 44.2 Å². The first-order valence-electron chi connectivity index (χ1n) is 6.61. The monoisotopic (exact) mass is 295 g/mol. The second-order valence-electron chi connectivity index (χ2n) is 4.89. The number of aromatic amines is 1. The van der Waals surface area contributed by atoms with Gasteiger partial charge < -0.3 is 15.6 Å². The molecule has 0 spiro atoms. The topological polar surface area (TPSA) is 56.9 Å². The maximum absolute atomic E-state index is 11.6. The number of benzene rings is 1. The van der Waals surface area contributed by atoms with E-state index in [1.165, 1.54) is 16.6 Å². The number of aromatic nitrogens is 1. The molecule has 20 heavy (non-hydrogen) atoms. The highest BCUT2D eigenvalue weighted by molar-refractivity contribution is 5.85. The quantitative estimate of drug-likeness (QED) is 0.793. The zero-order valence-electron chi connectivity index (χ0n) is 12.2. The number of amides is 1. The molecule has 0 fully saturated rings. The Morgan fingerprint density at radius 3 is 2.75 bits per heavy atom. The fourth-order valence-electron chi connectivity index (χ4n) is 2.15. The van der Waals surface area contributed by atoms with Crippen molar-refractivity contribution in [1.29, 1.82) is 0 Å². The summed E-state index contributed by atoms with van der Waals surface area (Å²) >= 11 is 0. The molecule has 3 N–H and O–H groups in total. The largest absolute Gasteiger partial charge is 0.358 e. The third kappa shape index (κ3) is 3.74. The summed E-state index contributed by atoms with van der Waals surface area (Å²) in [5, 5.41) is 7.14. The van der Waals surface area contributed by atoms with Crippen molar-refractivity contribution < 1.29 is 4.79 Å². The first-order chi connectivity index (χ1) is 9.11. The standard InChI is InChI=1S/C15H21N3O.ClH/c1-10-11(2)18-14-5-4-12(8-13(10)14)9-17-15(19)6-7-16-3;/h4-5,8,16,18H,6-7,9H2,1-3H3,(H,17,19);1H. The number of H-pyrrole nitrogens is 1. The van der Waals surface area contributed by atoms with Crippen LogP contribution in [0.4, 0.5) is 0 Å². The average Bonchev–Trinajstić information content (AvgIpc) is 2.69. The number of aryl methyl sites for hydroxylation is 2. The molecule has 0 atom stereocenters. The minimum atomic E-state index is 0. The smallest absolute Gasteiger partial charge is 0.221 e. The molecule has 0 saturated heterocycles. The zero-order chi connectivity index (χ0) is 13.8. The van der Waals surface area contributed by atoms with Gasteiger partial charge in [0, 0.05) is 36.1 Å². The number of hydrogen-bond acceptors (Lipinski definition) is 2. The molecule has 0 aliphatic rings. The molecule has 0 bridgehead atoms. The van der Waals surface area contributed by atoms with Crippen LogP contribution in [0.5, 0.6) is 0 Å². The van der Waals surface area contributed by atoms with E-state index in [9.17, 15) is 4.79 Å². The lowest BCUT2D eigenvalue weighted by Gasteiger charge is -2.05. The molecule has 2 aromatic rings. The highest BCUT2D eigenvalue weighted by Crippen LogP contribution is 2.22. The minimum absolute atomic E-state index is 0. The van der Waals surface area contributed by atoms with Crippen LogP contribution in [-0.4, -0.2) is 24.5 Å². The Labute approximate surface area is 125 Å². The van der Waals surface area contributed by atoms with Gasteiger partial charge in [-0.1, -0.05) is 6.07 Å². The maximum atomic E-state index is 11.6. The van der Waals surface area contributed by atoms with E-state index in [1.807, 2.05) is 7.05 Å². The van der Waals surface area contributed by atoms with Gasteiger partial charge in [0.05, 0.1) is 0 Å². The van der Waals surface area contributed by atoms with Crippen LogP contribution in [-0.2, 0) is 11.3 Å². The lowest BCUT2D eigenvalue weighted by Crippen LogP contribution is -2.26. The molecular formula is C15H22ClN3O. The molecule has 4 nitrogen and oxygen atoms in total. The summed E-state index contributed by atoms with van der Waals surface area (Å²) in [4.78, 5) is 14.9. The number of fused-ring (bicyclic) bond motifs is 1. The highest BCUT2D eigenvalue weighted by Gasteiger charge is 2.06. The summed E-state index contributed by atoms with van der Waals surface area (Å²) in [7, 11) is 1.85. The van der Waals surface area contributed by atoms with Crippen LogP contribution in [0.1, 0.15) is 23.2 Å². The predicted molar refractivity (Wildman–Crippen MR) is 85.4 cm³/mol. The summed E-state index contributed by atoms with van der Waals surface area (Å²) in [6.07, 6.45) is 0.515. The second kappa shape index (κ2) is 7.31. The Bertz CT molecular complexity index is 592. The van der Waals surface area contributed by atoms with Crippen molar-refractivity contribution >= 4 is 29.2 Å². The first-order valence-corrected chi connectivity index (χ1v) is 6.61. The Balaban J connectivity index is 0.00000200. The summed E-state index contributed by atoms with van der Waals surface area (Å²) in [6.45, 7) is 5.49. The van der Waals surface area contributed by atoms with E-state index in [4.69, 9.17) is 0 Å². The maximum Gasteiger partial charge on any atom is 0.221 e. The summed E-state index contributed by atoms with van der Waals surface area (Å²) in [5.41, 5.74) is 4.76. The molecule has 110 valence electrons. The molecule has 2 rings (SSSR count). The van der Waals surface area contributed by atoms with Gasteiger partial charge in [-0.2, -0.15) is 0 Å². The van der Waals surface area contributed by atoms with Gasteiger partial charge in [0.1, 0.15) is 0 Å². The van der Waals surface area contributed by atoms with E-state index in [0.29, 0.717) is 19.5 Å². The van der Waals surface area contributed by atoms with Crippen molar-refractivity contribution in [3.05, 3.63) is 35.0 Å². The third-order valence-electron chi connectivity index (χ3n) is 3.46.